The van der Waals surface area contributed by atoms with Crippen molar-refractivity contribution in [3.05, 3.63) is 51.0 Å². The Hall–Kier alpha value is -2.41. The number of alkyl halides is 3. The van der Waals surface area contributed by atoms with Crippen LogP contribution in [0.4, 0.5) is 17.6 Å². The number of hydrogen-bond donors (Lipinski definition) is 0. The molecule has 25 heavy (non-hydrogen) atoms. The molecule has 1 aromatic heterocycles. The summed E-state index contributed by atoms with van der Waals surface area (Å²) in [6, 6.07) is 5.22. The van der Waals surface area contributed by atoms with Gasteiger partial charge in [0, 0.05) is 5.56 Å². The zero-order chi connectivity index (χ0) is 18.8. The SMILES string of the molecule is CCOC(=O)c1c(C(F)(F)F)c(Br)nn1Cc1cc(C#N)ccc1F. The van der Waals surface area contributed by atoms with Gasteiger partial charge in [-0.25, -0.2) is 9.18 Å². The number of carbonyl (C=O) groups excluding carboxylic acids is 1. The van der Waals surface area contributed by atoms with Crippen LogP contribution in [0.5, 0.6) is 0 Å². The highest BCUT2D eigenvalue weighted by atomic mass is 79.9. The largest absolute Gasteiger partial charge is 0.461 e. The van der Waals surface area contributed by atoms with Gasteiger partial charge in [-0.05, 0) is 41.1 Å². The lowest BCUT2D eigenvalue weighted by Gasteiger charge is -2.11. The highest BCUT2D eigenvalue weighted by Gasteiger charge is 2.42. The van der Waals surface area contributed by atoms with Gasteiger partial charge in [0.05, 0.1) is 24.8 Å². The summed E-state index contributed by atoms with van der Waals surface area (Å²) >= 11 is 2.68. The second-order valence-corrected chi connectivity index (χ2v) is 5.56. The molecule has 10 heteroatoms. The summed E-state index contributed by atoms with van der Waals surface area (Å²) in [6.45, 7) is 0.818. The minimum absolute atomic E-state index is 0.0895. The van der Waals surface area contributed by atoms with Crippen LogP contribution in [0.25, 0.3) is 0 Å². The molecule has 0 N–H and O–H groups in total. The molecule has 0 unspecified atom stereocenters. The van der Waals surface area contributed by atoms with Crippen LogP contribution in [0.2, 0.25) is 0 Å². The van der Waals surface area contributed by atoms with Crippen LogP contribution in [0.1, 0.15) is 34.1 Å². The van der Waals surface area contributed by atoms with Gasteiger partial charge in [-0.3, -0.25) is 4.68 Å². The van der Waals surface area contributed by atoms with E-state index in [9.17, 15) is 22.4 Å². The summed E-state index contributed by atoms with van der Waals surface area (Å²) in [6.07, 6.45) is -4.87. The summed E-state index contributed by atoms with van der Waals surface area (Å²) in [5.41, 5.74) is -2.12. The quantitative estimate of drug-likeness (QED) is 0.556. The van der Waals surface area contributed by atoms with Crippen molar-refractivity contribution in [2.45, 2.75) is 19.6 Å². The molecule has 0 amide bonds. The number of esters is 1. The van der Waals surface area contributed by atoms with Crippen LogP contribution in [0, 0.1) is 17.1 Å². The summed E-state index contributed by atoms with van der Waals surface area (Å²) in [5, 5.41) is 12.5. The maximum Gasteiger partial charge on any atom is 0.421 e. The van der Waals surface area contributed by atoms with Crippen LogP contribution in [-0.4, -0.2) is 22.4 Å². The number of aromatic nitrogens is 2. The molecule has 0 saturated carbocycles. The predicted octanol–water partition coefficient (Wildman–Crippen LogP) is 3.90. The van der Waals surface area contributed by atoms with Crippen molar-refractivity contribution in [3.63, 3.8) is 0 Å². The number of halogens is 5. The molecule has 0 fully saturated rings. The van der Waals surface area contributed by atoms with Gasteiger partial charge in [-0.2, -0.15) is 23.5 Å². The third kappa shape index (κ3) is 3.99. The molecule has 0 radical (unpaired) electrons. The van der Waals surface area contributed by atoms with E-state index >= 15 is 0 Å². The Morgan fingerprint density at radius 3 is 2.68 bits per heavy atom. The van der Waals surface area contributed by atoms with Gasteiger partial charge in [-0.15, -0.1) is 0 Å². The van der Waals surface area contributed by atoms with Crippen LogP contribution < -0.4 is 0 Å². The molecule has 0 spiro atoms. The molecule has 132 valence electrons. The fourth-order valence-corrected chi connectivity index (χ4v) is 2.74. The summed E-state index contributed by atoms with van der Waals surface area (Å²) in [5.74, 6) is -1.97. The monoisotopic (exact) mass is 419 g/mol. The highest BCUT2D eigenvalue weighted by Crippen LogP contribution is 2.37. The van der Waals surface area contributed by atoms with Crippen LogP contribution >= 0.6 is 15.9 Å². The highest BCUT2D eigenvalue weighted by molar-refractivity contribution is 9.10. The molecule has 0 bridgehead atoms. The van der Waals surface area contributed by atoms with Gasteiger partial charge in [0.25, 0.3) is 0 Å². The summed E-state index contributed by atoms with van der Waals surface area (Å²) in [7, 11) is 0. The van der Waals surface area contributed by atoms with Crippen molar-refractivity contribution in [3.8, 4) is 6.07 Å². The van der Waals surface area contributed by atoms with E-state index in [2.05, 4.69) is 25.8 Å². The third-order valence-corrected chi connectivity index (χ3v) is 3.71. The van der Waals surface area contributed by atoms with E-state index in [1.807, 2.05) is 0 Å². The van der Waals surface area contributed by atoms with Gasteiger partial charge in [-0.1, -0.05) is 0 Å². The third-order valence-electron chi connectivity index (χ3n) is 3.16. The molecule has 1 heterocycles. The first-order chi connectivity index (χ1) is 11.7. The number of ether oxygens (including phenoxy) is 1. The van der Waals surface area contributed by atoms with Crippen molar-refractivity contribution in [1.29, 1.82) is 5.26 Å². The average molecular weight is 420 g/mol. The zero-order valence-electron chi connectivity index (χ0n) is 12.7. The maximum atomic E-state index is 13.9. The number of rotatable bonds is 4. The van der Waals surface area contributed by atoms with Gasteiger partial charge < -0.3 is 4.74 Å². The number of nitrogens with zero attached hydrogens (tertiary/aromatic N) is 3. The smallest absolute Gasteiger partial charge is 0.421 e. The molecule has 0 saturated heterocycles. The average Bonchev–Trinajstić information content (AvgIpc) is 2.86. The van der Waals surface area contributed by atoms with E-state index in [1.54, 1.807) is 6.07 Å². The lowest BCUT2D eigenvalue weighted by Crippen LogP contribution is -2.19. The van der Waals surface area contributed by atoms with Crippen molar-refractivity contribution in [2.75, 3.05) is 6.61 Å². The Morgan fingerprint density at radius 2 is 2.12 bits per heavy atom. The molecule has 2 aromatic rings. The Labute approximate surface area is 147 Å². The Kier molecular flexibility index (Phi) is 5.47. The van der Waals surface area contributed by atoms with Gasteiger partial charge in [0.15, 0.2) is 5.69 Å². The summed E-state index contributed by atoms with van der Waals surface area (Å²) in [4.78, 5) is 12.0. The first-order valence-electron chi connectivity index (χ1n) is 6.88. The fourth-order valence-electron chi connectivity index (χ4n) is 2.13. The van der Waals surface area contributed by atoms with E-state index in [4.69, 9.17) is 5.26 Å². The molecule has 0 aliphatic carbocycles. The standard InChI is InChI=1S/C15H10BrF4N3O2/c1-2-25-14(24)12-11(15(18,19)20)13(16)22-23(12)7-9-5-8(6-21)3-4-10(9)17/h3-5H,2,7H2,1H3. The normalized spacial score (nSPS) is 11.2. The molecule has 0 aliphatic rings. The van der Waals surface area contributed by atoms with Gasteiger partial charge in [0.1, 0.15) is 16.0 Å². The lowest BCUT2D eigenvalue weighted by molar-refractivity contribution is -0.138. The van der Waals surface area contributed by atoms with Crippen molar-refractivity contribution in [1.82, 2.24) is 9.78 Å². The number of nitriles is 1. The maximum absolute atomic E-state index is 13.9. The molecular weight excluding hydrogens is 410 g/mol. The predicted molar refractivity (Wildman–Crippen MR) is 81.1 cm³/mol. The Balaban J connectivity index is 2.59. The van der Waals surface area contributed by atoms with Crippen molar-refractivity contribution >= 4 is 21.9 Å². The number of carbonyl (C=O) groups is 1. The van der Waals surface area contributed by atoms with E-state index < -0.39 is 40.4 Å². The number of benzene rings is 1. The van der Waals surface area contributed by atoms with Crippen LogP contribution in [-0.2, 0) is 17.5 Å². The topological polar surface area (TPSA) is 67.9 Å². The first-order valence-corrected chi connectivity index (χ1v) is 7.67. The van der Waals surface area contributed by atoms with E-state index in [0.29, 0.717) is 4.68 Å². The molecule has 5 nitrogen and oxygen atoms in total. The fraction of sp³-hybridized carbons (Fsp3) is 0.267. The lowest BCUT2D eigenvalue weighted by atomic mass is 10.1. The van der Waals surface area contributed by atoms with E-state index in [-0.39, 0.29) is 17.7 Å². The molecule has 1 aromatic carbocycles. The van der Waals surface area contributed by atoms with E-state index in [1.165, 1.54) is 19.1 Å². The van der Waals surface area contributed by atoms with Crippen molar-refractivity contribution in [2.24, 2.45) is 0 Å². The second-order valence-electron chi connectivity index (χ2n) is 4.81. The van der Waals surface area contributed by atoms with Crippen LogP contribution in [0.3, 0.4) is 0 Å². The Morgan fingerprint density at radius 1 is 1.44 bits per heavy atom. The molecule has 0 aliphatic heterocycles. The minimum atomic E-state index is -4.87. The first kappa shape index (κ1) is 18.9. The number of hydrogen-bond acceptors (Lipinski definition) is 4. The zero-order valence-corrected chi connectivity index (χ0v) is 14.3. The van der Waals surface area contributed by atoms with Gasteiger partial charge >= 0.3 is 12.1 Å². The second kappa shape index (κ2) is 7.23. The molecular formula is C15H10BrF4N3O2. The van der Waals surface area contributed by atoms with Crippen molar-refractivity contribution < 1.29 is 27.1 Å². The Bertz CT molecular complexity index is 856. The van der Waals surface area contributed by atoms with Crippen LogP contribution in [0.15, 0.2) is 22.8 Å². The summed E-state index contributed by atoms with van der Waals surface area (Å²) < 4.78 is 58.4. The molecule has 2 rings (SSSR count). The van der Waals surface area contributed by atoms with E-state index in [0.717, 1.165) is 6.07 Å². The van der Waals surface area contributed by atoms with Gasteiger partial charge in [0.2, 0.25) is 0 Å². The molecule has 0 atom stereocenters. The minimum Gasteiger partial charge on any atom is -0.461 e.